The minimum Gasteiger partial charge on any atom is -0.486 e. The Hall–Kier alpha value is -4.10. The number of anilines is 2. The smallest absolute Gasteiger partial charge is 0.486 e. The van der Waals surface area contributed by atoms with Gasteiger partial charge in [-0.3, -0.25) is 9.69 Å². The van der Waals surface area contributed by atoms with Crippen LogP contribution in [-0.4, -0.2) is 77.7 Å². The molecule has 0 radical (unpaired) electrons. The van der Waals surface area contributed by atoms with E-state index >= 15 is 0 Å². The standard InChI is InChI=1S/C32H36F3N5O5/c1-19(20-2-5-23(6-3-20)45-32(33,34)35)44-24-7-9-26-21(16-24)4-8-27-28(26)37-31(36)38-29(27)40-12-10-39(11-13-40)14-15-43-25-17-22(18-25)30(41)42/h2-3,5-7,9,16,19,22,25H,4,8,10-15,17-18H2,1H3,(H,41,42)(H2,36,37,38)/t19?,22-,25+. The van der Waals surface area contributed by atoms with Crippen LogP contribution in [0.2, 0.25) is 0 Å². The average Bonchev–Trinajstić information content (AvgIpc) is 2.97. The number of aliphatic carboxylic acids is 1. The molecule has 2 aliphatic carbocycles. The molecule has 10 nitrogen and oxygen atoms in total. The molecule has 45 heavy (non-hydrogen) atoms. The first-order valence-electron chi connectivity index (χ1n) is 15.2. The van der Waals surface area contributed by atoms with Gasteiger partial charge in [0.15, 0.2) is 0 Å². The van der Waals surface area contributed by atoms with Crippen LogP contribution in [0.15, 0.2) is 42.5 Å². The second-order valence-electron chi connectivity index (χ2n) is 11.8. The Labute approximate surface area is 258 Å². The number of hydrogen-bond donors (Lipinski definition) is 2. The molecule has 6 rings (SSSR count). The number of aryl methyl sites for hydroxylation is 1. The largest absolute Gasteiger partial charge is 0.573 e. The number of nitrogens with zero attached hydrogens (tertiary/aromatic N) is 4. The molecule has 3 aromatic rings. The monoisotopic (exact) mass is 627 g/mol. The van der Waals surface area contributed by atoms with Crippen LogP contribution in [0.25, 0.3) is 11.3 Å². The van der Waals surface area contributed by atoms with Crippen molar-refractivity contribution in [2.45, 2.75) is 51.2 Å². The molecule has 240 valence electrons. The first-order chi connectivity index (χ1) is 21.5. The molecule has 1 aliphatic heterocycles. The van der Waals surface area contributed by atoms with E-state index in [1.165, 1.54) is 12.1 Å². The first kappa shape index (κ1) is 30.9. The van der Waals surface area contributed by atoms with E-state index in [-0.39, 0.29) is 23.7 Å². The summed E-state index contributed by atoms with van der Waals surface area (Å²) in [6.45, 7) is 6.56. The predicted molar refractivity (Wildman–Crippen MR) is 160 cm³/mol. The number of piperazine rings is 1. The molecule has 3 aliphatic rings. The van der Waals surface area contributed by atoms with Gasteiger partial charge in [-0.15, -0.1) is 13.2 Å². The number of alkyl halides is 3. The van der Waals surface area contributed by atoms with E-state index < -0.39 is 18.4 Å². The number of carboxylic acid groups (broad SMARTS) is 1. The van der Waals surface area contributed by atoms with Crippen LogP contribution in [0.5, 0.6) is 11.5 Å². The van der Waals surface area contributed by atoms with Crippen molar-refractivity contribution in [2.75, 3.05) is 50.0 Å². The highest BCUT2D eigenvalue weighted by Gasteiger charge is 2.35. The number of carbonyl (C=O) groups is 1. The molecule has 0 amide bonds. The summed E-state index contributed by atoms with van der Waals surface area (Å²) in [4.78, 5) is 24.9. The summed E-state index contributed by atoms with van der Waals surface area (Å²) in [5, 5.41) is 9.03. The van der Waals surface area contributed by atoms with E-state index in [2.05, 4.69) is 24.5 Å². The zero-order valence-electron chi connectivity index (χ0n) is 24.9. The highest BCUT2D eigenvalue weighted by molar-refractivity contribution is 5.76. The van der Waals surface area contributed by atoms with Gasteiger partial charge in [-0.2, -0.15) is 4.98 Å². The third kappa shape index (κ3) is 7.25. The molecule has 2 aromatic carbocycles. The Morgan fingerprint density at radius 2 is 1.76 bits per heavy atom. The minimum atomic E-state index is -4.74. The Balaban J connectivity index is 1.07. The van der Waals surface area contributed by atoms with E-state index in [9.17, 15) is 18.0 Å². The molecule has 1 saturated carbocycles. The average molecular weight is 628 g/mol. The summed E-state index contributed by atoms with van der Waals surface area (Å²) in [5.41, 5.74) is 10.9. The van der Waals surface area contributed by atoms with Crippen molar-refractivity contribution in [1.82, 2.24) is 14.9 Å². The fourth-order valence-corrected chi connectivity index (χ4v) is 6.19. The number of benzene rings is 2. The van der Waals surface area contributed by atoms with Gasteiger partial charge in [-0.25, -0.2) is 4.98 Å². The number of ether oxygens (including phenoxy) is 3. The van der Waals surface area contributed by atoms with Gasteiger partial charge in [0.2, 0.25) is 5.95 Å². The molecule has 0 spiro atoms. The molecule has 1 atom stereocenters. The van der Waals surface area contributed by atoms with E-state index in [1.54, 1.807) is 12.1 Å². The summed E-state index contributed by atoms with van der Waals surface area (Å²) in [7, 11) is 0. The Kier molecular flexibility index (Phi) is 8.74. The zero-order valence-corrected chi connectivity index (χ0v) is 24.9. The van der Waals surface area contributed by atoms with E-state index in [4.69, 9.17) is 20.3 Å². The summed E-state index contributed by atoms with van der Waals surface area (Å²) >= 11 is 0. The highest BCUT2D eigenvalue weighted by Crippen LogP contribution is 2.39. The summed E-state index contributed by atoms with van der Waals surface area (Å²) in [6, 6.07) is 11.5. The van der Waals surface area contributed by atoms with Gasteiger partial charge in [0.1, 0.15) is 23.4 Å². The normalized spacial score (nSPS) is 20.5. The third-order valence-corrected chi connectivity index (χ3v) is 8.75. The van der Waals surface area contributed by atoms with Gasteiger partial charge >= 0.3 is 12.3 Å². The van der Waals surface area contributed by atoms with Crippen molar-refractivity contribution < 1.29 is 37.3 Å². The molecule has 13 heteroatoms. The lowest BCUT2D eigenvalue weighted by molar-refractivity contribution is -0.274. The summed E-state index contributed by atoms with van der Waals surface area (Å²) < 4.78 is 53.4. The van der Waals surface area contributed by atoms with Gasteiger partial charge in [0.05, 0.1) is 24.3 Å². The van der Waals surface area contributed by atoms with Crippen molar-refractivity contribution in [3.8, 4) is 22.8 Å². The molecular weight excluding hydrogens is 591 g/mol. The minimum absolute atomic E-state index is 0.0549. The van der Waals surface area contributed by atoms with E-state index in [0.717, 1.165) is 79.3 Å². The van der Waals surface area contributed by atoms with Crippen molar-refractivity contribution in [3.63, 3.8) is 0 Å². The number of hydrogen-bond acceptors (Lipinski definition) is 9. The van der Waals surface area contributed by atoms with Crippen LogP contribution >= 0.6 is 0 Å². The lowest BCUT2D eigenvalue weighted by Gasteiger charge is -2.38. The van der Waals surface area contributed by atoms with Gasteiger partial charge < -0.3 is 30.0 Å². The number of fused-ring (bicyclic) bond motifs is 3. The Morgan fingerprint density at radius 1 is 1.04 bits per heavy atom. The molecule has 1 saturated heterocycles. The van der Waals surface area contributed by atoms with Gasteiger partial charge in [-0.1, -0.05) is 12.1 Å². The Morgan fingerprint density at radius 3 is 2.44 bits per heavy atom. The molecular formula is C32H36F3N5O5. The second-order valence-corrected chi connectivity index (χ2v) is 11.8. The maximum atomic E-state index is 12.5. The van der Waals surface area contributed by atoms with Crippen molar-refractivity contribution in [1.29, 1.82) is 0 Å². The summed E-state index contributed by atoms with van der Waals surface area (Å²) in [5.74, 6) is 0.474. The van der Waals surface area contributed by atoms with Crippen LogP contribution in [-0.2, 0) is 22.4 Å². The maximum Gasteiger partial charge on any atom is 0.573 e. The number of halogens is 3. The fraction of sp³-hybridized carbons (Fsp3) is 0.469. The maximum absolute atomic E-state index is 12.5. The molecule has 2 fully saturated rings. The SMILES string of the molecule is CC(Oc1ccc2c(c1)CCc1c-2nc(N)nc1N1CCN(CCO[C@H]2C[C@@H](C(=O)O)C2)CC1)c1ccc(OC(F)(F)F)cc1. The van der Waals surface area contributed by atoms with Crippen molar-refractivity contribution in [2.24, 2.45) is 5.92 Å². The quantitative estimate of drug-likeness (QED) is 0.322. The number of nitrogens with two attached hydrogens (primary N) is 1. The molecule has 2 heterocycles. The lowest BCUT2D eigenvalue weighted by atomic mass is 9.82. The Bertz CT molecular complexity index is 1520. The zero-order chi connectivity index (χ0) is 31.7. The first-order valence-corrected chi connectivity index (χ1v) is 15.2. The molecule has 3 N–H and O–H groups in total. The third-order valence-electron chi connectivity index (χ3n) is 8.75. The highest BCUT2D eigenvalue weighted by atomic mass is 19.4. The van der Waals surface area contributed by atoms with Gasteiger partial charge in [0.25, 0.3) is 0 Å². The lowest BCUT2D eigenvalue weighted by Crippen LogP contribution is -2.48. The number of carboxylic acids is 1. The predicted octanol–water partition coefficient (Wildman–Crippen LogP) is 4.86. The van der Waals surface area contributed by atoms with Crippen LogP contribution in [0.4, 0.5) is 24.9 Å². The topological polar surface area (TPSA) is 123 Å². The summed E-state index contributed by atoms with van der Waals surface area (Å²) in [6.07, 6.45) is -2.35. The number of rotatable bonds is 10. The van der Waals surface area contributed by atoms with Crippen molar-refractivity contribution >= 4 is 17.7 Å². The van der Waals surface area contributed by atoms with E-state index in [1.807, 2.05) is 25.1 Å². The van der Waals surface area contributed by atoms with Gasteiger partial charge in [-0.05, 0) is 74.1 Å². The fourth-order valence-electron chi connectivity index (χ4n) is 6.19. The van der Waals surface area contributed by atoms with Crippen LogP contribution < -0.4 is 20.1 Å². The molecule has 1 unspecified atom stereocenters. The number of nitrogen functional groups attached to an aromatic ring is 1. The second kappa shape index (κ2) is 12.7. The van der Waals surface area contributed by atoms with Crippen LogP contribution in [0.1, 0.15) is 42.6 Å². The molecule has 0 bridgehead atoms. The number of aromatic nitrogens is 2. The van der Waals surface area contributed by atoms with Crippen molar-refractivity contribution in [3.05, 3.63) is 59.2 Å². The van der Waals surface area contributed by atoms with Crippen LogP contribution in [0.3, 0.4) is 0 Å². The molecule has 1 aromatic heterocycles. The van der Waals surface area contributed by atoms with Crippen LogP contribution in [0, 0.1) is 5.92 Å². The van der Waals surface area contributed by atoms with Gasteiger partial charge in [0, 0.05) is 43.9 Å². The van der Waals surface area contributed by atoms with E-state index in [0.29, 0.717) is 25.2 Å².